The Morgan fingerprint density at radius 1 is 1.19 bits per heavy atom. The molecule has 0 aliphatic heterocycles. The highest BCUT2D eigenvalue weighted by atomic mass is 127. The van der Waals surface area contributed by atoms with Crippen molar-refractivity contribution in [2.75, 3.05) is 34.2 Å². The van der Waals surface area contributed by atoms with Gasteiger partial charge in [-0.25, -0.2) is 0 Å². The number of carbonyl (C=O) groups excluding carboxylic acids is 1. The Labute approximate surface area is 181 Å². The summed E-state index contributed by atoms with van der Waals surface area (Å²) in [6.07, 6.45) is 6.19. The van der Waals surface area contributed by atoms with Crippen LogP contribution in [0.5, 0.6) is 0 Å². The van der Waals surface area contributed by atoms with Gasteiger partial charge in [-0.15, -0.1) is 24.0 Å². The van der Waals surface area contributed by atoms with E-state index in [1.807, 2.05) is 25.2 Å². The Hall–Kier alpha value is -1.31. The van der Waals surface area contributed by atoms with Gasteiger partial charge in [-0.1, -0.05) is 31.9 Å². The van der Waals surface area contributed by atoms with Gasteiger partial charge in [0, 0.05) is 39.8 Å². The van der Waals surface area contributed by atoms with Crippen LogP contribution in [-0.4, -0.2) is 51.0 Å². The minimum absolute atomic E-state index is 0. The van der Waals surface area contributed by atoms with Crippen LogP contribution in [0, 0.1) is 11.8 Å². The number of hydrogen-bond donors (Lipinski definition) is 2. The fraction of sp³-hybridized carbons (Fsp3) is 0.619. The second-order valence-electron chi connectivity index (χ2n) is 7.66. The molecule has 0 saturated heterocycles. The molecule has 0 heterocycles. The number of nitrogens with zero attached hydrogens (tertiary/aromatic N) is 2. The standard InChI is InChI=1S/C21H34N4O.HI/c1-16-8-10-18(11-9-16)15-24-21(22-2)23-13-12-17-6-5-7-19(14-17)20(26)25(3)4;/h5-7,14,16,18H,8-13,15H2,1-4H3,(H2,22,23,24);1H. The molecular weight excluding hydrogens is 451 g/mol. The van der Waals surface area contributed by atoms with E-state index in [1.165, 1.54) is 25.7 Å². The van der Waals surface area contributed by atoms with Crippen LogP contribution in [0.2, 0.25) is 0 Å². The first-order chi connectivity index (χ1) is 12.5. The van der Waals surface area contributed by atoms with Gasteiger partial charge >= 0.3 is 0 Å². The monoisotopic (exact) mass is 486 g/mol. The lowest BCUT2D eigenvalue weighted by Crippen LogP contribution is -2.41. The highest BCUT2D eigenvalue weighted by Crippen LogP contribution is 2.27. The average molecular weight is 486 g/mol. The first-order valence-corrected chi connectivity index (χ1v) is 9.74. The summed E-state index contributed by atoms with van der Waals surface area (Å²) in [6.45, 7) is 4.14. The van der Waals surface area contributed by atoms with Crippen LogP contribution in [0.4, 0.5) is 0 Å². The van der Waals surface area contributed by atoms with Crippen LogP contribution in [0.1, 0.15) is 48.5 Å². The van der Waals surface area contributed by atoms with E-state index < -0.39 is 0 Å². The molecular formula is C21H35IN4O. The molecule has 1 aliphatic carbocycles. The van der Waals surface area contributed by atoms with Crippen molar-refractivity contribution in [3.05, 3.63) is 35.4 Å². The first kappa shape index (κ1) is 23.7. The fourth-order valence-electron chi connectivity index (χ4n) is 3.44. The van der Waals surface area contributed by atoms with Crippen molar-refractivity contribution in [2.45, 2.75) is 39.0 Å². The van der Waals surface area contributed by atoms with Crippen molar-refractivity contribution in [3.8, 4) is 0 Å². The van der Waals surface area contributed by atoms with E-state index in [0.29, 0.717) is 0 Å². The molecule has 0 aromatic heterocycles. The van der Waals surface area contributed by atoms with Crippen molar-refractivity contribution in [3.63, 3.8) is 0 Å². The van der Waals surface area contributed by atoms with Crippen LogP contribution in [0.15, 0.2) is 29.3 Å². The third kappa shape index (κ3) is 8.07. The number of amides is 1. The van der Waals surface area contributed by atoms with Crippen LogP contribution in [0.3, 0.4) is 0 Å². The van der Waals surface area contributed by atoms with Crippen molar-refractivity contribution in [1.29, 1.82) is 0 Å². The summed E-state index contributed by atoms with van der Waals surface area (Å²) in [5, 5.41) is 6.84. The van der Waals surface area contributed by atoms with Gasteiger partial charge in [0.1, 0.15) is 0 Å². The van der Waals surface area contributed by atoms with Crippen LogP contribution < -0.4 is 10.6 Å². The highest BCUT2D eigenvalue weighted by Gasteiger charge is 2.18. The summed E-state index contributed by atoms with van der Waals surface area (Å²) in [5.74, 6) is 2.56. The largest absolute Gasteiger partial charge is 0.356 e. The normalized spacial score (nSPS) is 19.8. The van der Waals surface area contributed by atoms with Crippen molar-refractivity contribution >= 4 is 35.8 Å². The lowest BCUT2D eigenvalue weighted by molar-refractivity contribution is 0.0827. The summed E-state index contributed by atoms with van der Waals surface area (Å²) in [6, 6.07) is 7.85. The molecule has 2 rings (SSSR count). The van der Waals surface area contributed by atoms with E-state index >= 15 is 0 Å². The third-order valence-electron chi connectivity index (χ3n) is 5.20. The quantitative estimate of drug-likeness (QED) is 0.368. The van der Waals surface area contributed by atoms with Gasteiger partial charge < -0.3 is 15.5 Å². The molecule has 0 atom stereocenters. The summed E-state index contributed by atoms with van der Waals surface area (Å²) >= 11 is 0. The minimum atomic E-state index is 0. The number of carbonyl (C=O) groups is 1. The maximum Gasteiger partial charge on any atom is 0.253 e. The fourth-order valence-corrected chi connectivity index (χ4v) is 3.44. The maximum absolute atomic E-state index is 12.1. The van der Waals surface area contributed by atoms with E-state index in [1.54, 1.807) is 19.0 Å². The van der Waals surface area contributed by atoms with Gasteiger partial charge in [-0.2, -0.15) is 0 Å². The Bertz CT molecular complexity index is 610. The zero-order valence-corrected chi connectivity index (χ0v) is 19.5. The summed E-state index contributed by atoms with van der Waals surface area (Å²) in [7, 11) is 5.37. The van der Waals surface area contributed by atoms with E-state index in [0.717, 1.165) is 48.4 Å². The number of rotatable bonds is 6. The molecule has 6 heteroatoms. The summed E-state index contributed by atoms with van der Waals surface area (Å²) in [4.78, 5) is 18.0. The van der Waals surface area contributed by atoms with Crippen LogP contribution in [0.25, 0.3) is 0 Å². The topological polar surface area (TPSA) is 56.7 Å². The lowest BCUT2D eigenvalue weighted by Gasteiger charge is -2.26. The van der Waals surface area contributed by atoms with E-state index in [4.69, 9.17) is 0 Å². The SMILES string of the molecule is CN=C(NCCc1cccc(C(=O)N(C)C)c1)NCC1CCC(C)CC1.I. The molecule has 1 aromatic carbocycles. The second-order valence-corrected chi connectivity index (χ2v) is 7.66. The Kier molecular flexibility index (Phi) is 10.7. The smallest absolute Gasteiger partial charge is 0.253 e. The van der Waals surface area contributed by atoms with Gasteiger partial charge in [0.25, 0.3) is 5.91 Å². The molecule has 1 aromatic rings. The average Bonchev–Trinajstić information content (AvgIpc) is 2.65. The number of halogens is 1. The number of benzene rings is 1. The molecule has 5 nitrogen and oxygen atoms in total. The predicted molar refractivity (Wildman–Crippen MR) is 124 cm³/mol. The molecule has 1 aliphatic rings. The first-order valence-electron chi connectivity index (χ1n) is 9.74. The minimum Gasteiger partial charge on any atom is -0.356 e. The van der Waals surface area contributed by atoms with Crippen LogP contribution >= 0.6 is 24.0 Å². The van der Waals surface area contributed by atoms with Gasteiger partial charge in [0.05, 0.1) is 0 Å². The van der Waals surface area contributed by atoms with E-state index in [2.05, 4.69) is 28.6 Å². The Balaban J connectivity index is 0.00000364. The zero-order chi connectivity index (χ0) is 18.9. The predicted octanol–water partition coefficient (Wildman–Crippen LogP) is 3.54. The van der Waals surface area contributed by atoms with Gasteiger partial charge in [0.2, 0.25) is 0 Å². The summed E-state index contributed by atoms with van der Waals surface area (Å²) in [5.41, 5.74) is 1.89. The number of guanidine groups is 1. The molecule has 152 valence electrons. The molecule has 27 heavy (non-hydrogen) atoms. The molecule has 0 radical (unpaired) electrons. The molecule has 1 amide bonds. The molecule has 1 saturated carbocycles. The van der Waals surface area contributed by atoms with Gasteiger partial charge in [-0.3, -0.25) is 9.79 Å². The van der Waals surface area contributed by atoms with Crippen molar-refractivity contribution in [1.82, 2.24) is 15.5 Å². The Morgan fingerprint density at radius 3 is 2.52 bits per heavy atom. The van der Waals surface area contributed by atoms with Crippen molar-refractivity contribution in [2.24, 2.45) is 16.8 Å². The highest BCUT2D eigenvalue weighted by molar-refractivity contribution is 14.0. The van der Waals surface area contributed by atoms with Gasteiger partial charge in [-0.05, 0) is 48.8 Å². The van der Waals surface area contributed by atoms with E-state index in [9.17, 15) is 4.79 Å². The second kappa shape index (κ2) is 12.2. The third-order valence-corrected chi connectivity index (χ3v) is 5.20. The molecule has 0 unspecified atom stereocenters. The molecule has 2 N–H and O–H groups in total. The molecule has 1 fully saturated rings. The summed E-state index contributed by atoms with van der Waals surface area (Å²) < 4.78 is 0. The zero-order valence-electron chi connectivity index (χ0n) is 17.1. The Morgan fingerprint density at radius 2 is 1.89 bits per heavy atom. The number of aliphatic imine (C=N–C) groups is 1. The number of hydrogen-bond acceptors (Lipinski definition) is 2. The number of nitrogens with one attached hydrogen (secondary N) is 2. The molecule has 0 spiro atoms. The molecule has 0 bridgehead atoms. The van der Waals surface area contributed by atoms with Crippen molar-refractivity contribution < 1.29 is 4.79 Å². The maximum atomic E-state index is 12.1. The van der Waals surface area contributed by atoms with E-state index in [-0.39, 0.29) is 29.9 Å². The van der Waals surface area contributed by atoms with Crippen LogP contribution in [-0.2, 0) is 6.42 Å². The lowest BCUT2D eigenvalue weighted by atomic mass is 9.83. The van der Waals surface area contributed by atoms with Gasteiger partial charge in [0.15, 0.2) is 5.96 Å².